The molecule has 0 fully saturated rings. The standard InChI is InChI=1S/C6H7O3/c1-7-5-3-6(8-2)9-4-5/h4H,1-2H3. The molecule has 3 heteroatoms. The summed E-state index contributed by atoms with van der Waals surface area (Å²) in [6.07, 6.45) is 1.43. The van der Waals surface area contributed by atoms with E-state index < -0.39 is 0 Å². The molecule has 1 heterocycles. The molecule has 49 valence electrons. The van der Waals surface area contributed by atoms with Gasteiger partial charge in [0.05, 0.1) is 14.2 Å². The van der Waals surface area contributed by atoms with Crippen molar-refractivity contribution in [3.05, 3.63) is 12.3 Å². The fourth-order valence-corrected chi connectivity index (χ4v) is 0.465. The van der Waals surface area contributed by atoms with Crippen LogP contribution in [0.3, 0.4) is 0 Å². The summed E-state index contributed by atoms with van der Waals surface area (Å²) in [7, 11) is 3.05. The van der Waals surface area contributed by atoms with Crippen molar-refractivity contribution in [2.45, 2.75) is 0 Å². The first-order chi connectivity index (χ1) is 4.36. The average Bonchev–Trinajstić information content (AvgIpc) is 2.34. The molecular formula is C6H7O3. The summed E-state index contributed by atoms with van der Waals surface area (Å²) in [4.78, 5) is 0. The molecule has 0 bridgehead atoms. The van der Waals surface area contributed by atoms with Crippen LogP contribution in [0.5, 0.6) is 11.7 Å². The second-order valence-electron chi connectivity index (χ2n) is 1.42. The van der Waals surface area contributed by atoms with E-state index in [1.807, 2.05) is 0 Å². The number of furan rings is 1. The van der Waals surface area contributed by atoms with E-state index in [-0.39, 0.29) is 0 Å². The third-order valence-corrected chi connectivity index (χ3v) is 0.904. The molecule has 0 atom stereocenters. The van der Waals surface area contributed by atoms with Gasteiger partial charge in [0.15, 0.2) is 5.75 Å². The van der Waals surface area contributed by atoms with Crippen molar-refractivity contribution in [3.63, 3.8) is 0 Å². The Bertz CT molecular complexity index is 162. The Hall–Kier alpha value is -1.12. The lowest BCUT2D eigenvalue weighted by Crippen LogP contribution is -1.78. The molecule has 1 aromatic heterocycles. The minimum Gasteiger partial charge on any atom is -0.493 e. The monoisotopic (exact) mass is 127 g/mol. The molecule has 0 aliphatic heterocycles. The van der Waals surface area contributed by atoms with Crippen LogP contribution < -0.4 is 9.47 Å². The Labute approximate surface area is 53.2 Å². The van der Waals surface area contributed by atoms with Crippen LogP contribution >= 0.6 is 0 Å². The lowest BCUT2D eigenvalue weighted by atomic mass is 10.6. The first-order valence-electron chi connectivity index (χ1n) is 2.45. The smallest absolute Gasteiger partial charge is 0.296 e. The zero-order valence-electron chi connectivity index (χ0n) is 5.30. The molecule has 0 aliphatic rings. The molecule has 3 nitrogen and oxygen atoms in total. The minimum atomic E-state index is 0.340. The van der Waals surface area contributed by atoms with Gasteiger partial charge in [-0.25, -0.2) is 0 Å². The van der Waals surface area contributed by atoms with Crippen LogP contribution in [0.25, 0.3) is 0 Å². The molecule has 0 aromatic carbocycles. The van der Waals surface area contributed by atoms with Crippen LogP contribution in [0.1, 0.15) is 0 Å². The molecule has 1 rings (SSSR count). The average molecular weight is 127 g/mol. The van der Waals surface area contributed by atoms with Crippen LogP contribution in [0, 0.1) is 6.07 Å². The highest BCUT2D eigenvalue weighted by Gasteiger charge is 1.99. The van der Waals surface area contributed by atoms with Gasteiger partial charge in [-0.15, -0.1) is 0 Å². The van der Waals surface area contributed by atoms with Gasteiger partial charge >= 0.3 is 0 Å². The van der Waals surface area contributed by atoms with Gasteiger partial charge in [0.1, 0.15) is 12.3 Å². The Morgan fingerprint density at radius 2 is 2.22 bits per heavy atom. The van der Waals surface area contributed by atoms with Crippen LogP contribution in [-0.4, -0.2) is 14.2 Å². The maximum Gasteiger partial charge on any atom is 0.296 e. The predicted molar refractivity (Wildman–Crippen MR) is 30.6 cm³/mol. The molecule has 0 spiro atoms. The minimum absolute atomic E-state index is 0.340. The van der Waals surface area contributed by atoms with E-state index in [2.05, 4.69) is 6.07 Å². The SMILES string of the molecule is COc1[c]c(OC)oc1. The molecule has 0 saturated carbocycles. The molecular weight excluding hydrogens is 120 g/mol. The van der Waals surface area contributed by atoms with E-state index >= 15 is 0 Å². The van der Waals surface area contributed by atoms with Crippen LogP contribution in [-0.2, 0) is 0 Å². The number of hydrogen-bond acceptors (Lipinski definition) is 3. The summed E-state index contributed by atoms with van der Waals surface area (Å²) >= 11 is 0. The van der Waals surface area contributed by atoms with Gasteiger partial charge in [-0.1, -0.05) is 0 Å². The fourth-order valence-electron chi connectivity index (χ4n) is 0.465. The lowest BCUT2D eigenvalue weighted by molar-refractivity contribution is 0.303. The van der Waals surface area contributed by atoms with E-state index in [4.69, 9.17) is 13.9 Å². The summed E-state index contributed by atoms with van der Waals surface area (Å²) in [5.41, 5.74) is 0. The quantitative estimate of drug-likeness (QED) is 0.596. The number of methoxy groups -OCH3 is 2. The first-order valence-corrected chi connectivity index (χ1v) is 2.45. The van der Waals surface area contributed by atoms with Crippen molar-refractivity contribution in [2.75, 3.05) is 14.2 Å². The maximum atomic E-state index is 4.80. The molecule has 9 heavy (non-hydrogen) atoms. The van der Waals surface area contributed by atoms with Gasteiger partial charge in [-0.05, 0) is 0 Å². The summed E-state index contributed by atoms with van der Waals surface area (Å²) in [5.74, 6) is 0.888. The van der Waals surface area contributed by atoms with Gasteiger partial charge in [0.2, 0.25) is 0 Å². The number of hydrogen-bond donors (Lipinski definition) is 0. The van der Waals surface area contributed by atoms with Crippen molar-refractivity contribution in [1.82, 2.24) is 0 Å². The third kappa shape index (κ3) is 1.16. The third-order valence-electron chi connectivity index (χ3n) is 0.904. The molecule has 1 aromatic rings. The summed E-state index contributed by atoms with van der Waals surface area (Å²) in [5, 5.41) is 0. The van der Waals surface area contributed by atoms with Gasteiger partial charge < -0.3 is 13.9 Å². The van der Waals surface area contributed by atoms with E-state index in [1.54, 1.807) is 7.11 Å². The van der Waals surface area contributed by atoms with Crippen molar-refractivity contribution in [2.24, 2.45) is 0 Å². The van der Waals surface area contributed by atoms with E-state index in [1.165, 1.54) is 13.4 Å². The lowest BCUT2D eigenvalue weighted by Gasteiger charge is -1.86. The van der Waals surface area contributed by atoms with Gasteiger partial charge in [0.25, 0.3) is 5.95 Å². The highest BCUT2D eigenvalue weighted by atomic mass is 16.6. The van der Waals surface area contributed by atoms with Crippen molar-refractivity contribution < 1.29 is 13.9 Å². The van der Waals surface area contributed by atoms with Crippen LogP contribution in [0.2, 0.25) is 0 Å². The summed E-state index contributed by atoms with van der Waals surface area (Å²) in [6, 6.07) is 2.70. The zero-order chi connectivity index (χ0) is 6.69. The largest absolute Gasteiger partial charge is 0.493 e. The van der Waals surface area contributed by atoms with Gasteiger partial charge in [0, 0.05) is 0 Å². The maximum absolute atomic E-state index is 4.80. The molecule has 0 amide bonds. The second kappa shape index (κ2) is 2.44. The molecule has 0 saturated heterocycles. The van der Waals surface area contributed by atoms with Gasteiger partial charge in [-0.3, -0.25) is 0 Å². The molecule has 0 unspecified atom stereocenters. The zero-order valence-corrected chi connectivity index (χ0v) is 5.30. The first kappa shape index (κ1) is 6.01. The molecule has 0 aliphatic carbocycles. The summed E-state index contributed by atoms with van der Waals surface area (Å²) < 4.78 is 14.3. The Kier molecular flexibility index (Phi) is 1.63. The Balaban J connectivity index is 2.74. The molecule has 1 radical (unpaired) electrons. The van der Waals surface area contributed by atoms with Crippen molar-refractivity contribution >= 4 is 0 Å². The topological polar surface area (TPSA) is 31.6 Å². The van der Waals surface area contributed by atoms with E-state index in [9.17, 15) is 0 Å². The number of rotatable bonds is 2. The molecule has 0 N–H and O–H groups in total. The van der Waals surface area contributed by atoms with Crippen LogP contribution in [0.4, 0.5) is 0 Å². The number of ether oxygens (including phenoxy) is 2. The summed E-state index contributed by atoms with van der Waals surface area (Å²) in [6.45, 7) is 0. The Morgan fingerprint density at radius 1 is 1.44 bits per heavy atom. The van der Waals surface area contributed by atoms with Crippen molar-refractivity contribution in [1.29, 1.82) is 0 Å². The second-order valence-corrected chi connectivity index (χ2v) is 1.42. The van der Waals surface area contributed by atoms with E-state index in [0.29, 0.717) is 11.7 Å². The van der Waals surface area contributed by atoms with E-state index in [0.717, 1.165) is 0 Å². The normalized spacial score (nSPS) is 9.11. The highest BCUT2D eigenvalue weighted by Crippen LogP contribution is 2.19. The highest BCUT2D eigenvalue weighted by molar-refractivity contribution is 5.20. The van der Waals surface area contributed by atoms with Crippen LogP contribution in [0.15, 0.2) is 10.7 Å². The predicted octanol–water partition coefficient (Wildman–Crippen LogP) is 1.10. The Morgan fingerprint density at radius 3 is 2.56 bits per heavy atom. The fraction of sp³-hybridized carbons (Fsp3) is 0.333. The van der Waals surface area contributed by atoms with Crippen molar-refractivity contribution in [3.8, 4) is 11.7 Å². The van der Waals surface area contributed by atoms with Gasteiger partial charge in [-0.2, -0.15) is 0 Å².